The van der Waals surface area contributed by atoms with E-state index in [9.17, 15) is 0 Å². The molecule has 6 heteroatoms. The van der Waals surface area contributed by atoms with Crippen LogP contribution in [0.25, 0.3) is 10.2 Å². The number of thiophene rings is 1. The van der Waals surface area contributed by atoms with E-state index in [2.05, 4.69) is 49.5 Å². The first kappa shape index (κ1) is 14.3. The molecule has 2 N–H and O–H groups in total. The van der Waals surface area contributed by atoms with Crippen LogP contribution in [-0.2, 0) is 0 Å². The van der Waals surface area contributed by atoms with Crippen LogP contribution >= 0.6 is 27.3 Å². The lowest BCUT2D eigenvalue weighted by Gasteiger charge is -2.10. The third kappa shape index (κ3) is 3.01. The predicted molar refractivity (Wildman–Crippen MR) is 93.7 cm³/mol. The first-order valence-corrected chi connectivity index (χ1v) is 8.32. The molecule has 0 saturated heterocycles. The smallest absolute Gasteiger partial charge is 0.226 e. The second kappa shape index (κ2) is 5.99. The summed E-state index contributed by atoms with van der Waals surface area (Å²) in [4.78, 5) is 11.4. The quantitative estimate of drug-likeness (QED) is 0.690. The maximum Gasteiger partial charge on any atom is 0.226 e. The van der Waals surface area contributed by atoms with Crippen LogP contribution in [-0.4, -0.2) is 16.5 Å². The lowest BCUT2D eigenvalue weighted by Crippen LogP contribution is -2.04. The number of aromatic nitrogens is 2. The number of rotatable bonds is 4. The van der Waals surface area contributed by atoms with Gasteiger partial charge in [0.15, 0.2) is 0 Å². The molecule has 2 heterocycles. The lowest BCUT2D eigenvalue weighted by molar-refractivity contribution is 1.11. The summed E-state index contributed by atoms with van der Waals surface area (Å²) in [5, 5.41) is 7.63. The SMILES string of the molecule is CCNc1nc(Nc2ccccc2Br)c2cc(C)sc2n1. The Hall–Kier alpha value is -1.66. The van der Waals surface area contributed by atoms with Crippen LogP contribution in [0.15, 0.2) is 34.8 Å². The summed E-state index contributed by atoms with van der Waals surface area (Å²) >= 11 is 5.23. The van der Waals surface area contributed by atoms with Crippen LogP contribution in [0, 0.1) is 6.92 Å². The van der Waals surface area contributed by atoms with E-state index in [0.29, 0.717) is 5.95 Å². The molecule has 108 valence electrons. The Bertz CT molecular complexity index is 784. The second-order valence-corrected chi connectivity index (χ2v) is 6.70. The molecular formula is C15H15BrN4S. The van der Waals surface area contributed by atoms with Gasteiger partial charge in [0.25, 0.3) is 0 Å². The van der Waals surface area contributed by atoms with E-state index in [1.807, 2.05) is 31.2 Å². The predicted octanol–water partition coefficient (Wildman–Crippen LogP) is 4.94. The zero-order valence-electron chi connectivity index (χ0n) is 11.8. The highest BCUT2D eigenvalue weighted by molar-refractivity contribution is 9.10. The molecule has 0 unspecified atom stereocenters. The number of halogens is 1. The molecule has 0 bridgehead atoms. The van der Waals surface area contributed by atoms with Crippen LogP contribution < -0.4 is 10.6 Å². The summed E-state index contributed by atoms with van der Waals surface area (Å²) < 4.78 is 1.01. The fourth-order valence-electron chi connectivity index (χ4n) is 2.06. The lowest BCUT2D eigenvalue weighted by atomic mass is 10.3. The number of benzene rings is 1. The van der Waals surface area contributed by atoms with E-state index in [-0.39, 0.29) is 0 Å². The third-order valence-electron chi connectivity index (χ3n) is 2.98. The van der Waals surface area contributed by atoms with Crippen LogP contribution in [0.3, 0.4) is 0 Å². The van der Waals surface area contributed by atoms with Crippen molar-refractivity contribution < 1.29 is 0 Å². The van der Waals surface area contributed by atoms with Gasteiger partial charge in [0.1, 0.15) is 10.6 Å². The number of anilines is 3. The van der Waals surface area contributed by atoms with E-state index in [0.717, 1.165) is 32.7 Å². The number of nitrogens with zero attached hydrogens (tertiary/aromatic N) is 2. The molecule has 1 aromatic carbocycles. The second-order valence-electron chi connectivity index (χ2n) is 4.61. The van der Waals surface area contributed by atoms with Crippen molar-refractivity contribution in [3.05, 3.63) is 39.7 Å². The largest absolute Gasteiger partial charge is 0.354 e. The highest BCUT2D eigenvalue weighted by Crippen LogP contribution is 2.33. The highest BCUT2D eigenvalue weighted by Gasteiger charge is 2.11. The van der Waals surface area contributed by atoms with E-state index in [4.69, 9.17) is 0 Å². The molecule has 0 aliphatic heterocycles. The number of para-hydroxylation sites is 1. The molecular weight excluding hydrogens is 348 g/mol. The van der Waals surface area contributed by atoms with Crippen molar-refractivity contribution >= 4 is 54.9 Å². The first-order chi connectivity index (χ1) is 10.2. The van der Waals surface area contributed by atoms with Crippen molar-refractivity contribution in [3.63, 3.8) is 0 Å². The van der Waals surface area contributed by atoms with Gasteiger partial charge in [-0.3, -0.25) is 0 Å². The first-order valence-electron chi connectivity index (χ1n) is 6.71. The molecule has 0 spiro atoms. The van der Waals surface area contributed by atoms with Crippen LogP contribution in [0.1, 0.15) is 11.8 Å². The third-order valence-corrected chi connectivity index (χ3v) is 4.61. The fraction of sp³-hybridized carbons (Fsp3) is 0.200. The van der Waals surface area contributed by atoms with Crippen LogP contribution in [0.4, 0.5) is 17.5 Å². The van der Waals surface area contributed by atoms with Gasteiger partial charge in [-0.15, -0.1) is 11.3 Å². The van der Waals surface area contributed by atoms with Gasteiger partial charge in [-0.1, -0.05) is 12.1 Å². The highest BCUT2D eigenvalue weighted by atomic mass is 79.9. The average Bonchev–Trinajstić information content (AvgIpc) is 2.82. The molecule has 0 aliphatic rings. The Kier molecular flexibility index (Phi) is 4.07. The van der Waals surface area contributed by atoms with Gasteiger partial charge in [0.2, 0.25) is 5.95 Å². The Balaban J connectivity index is 2.09. The molecule has 0 saturated carbocycles. The van der Waals surface area contributed by atoms with Gasteiger partial charge >= 0.3 is 0 Å². The van der Waals surface area contributed by atoms with Gasteiger partial charge < -0.3 is 10.6 Å². The summed E-state index contributed by atoms with van der Waals surface area (Å²) in [6.45, 7) is 4.92. The summed E-state index contributed by atoms with van der Waals surface area (Å²) in [6.07, 6.45) is 0. The number of nitrogens with one attached hydrogen (secondary N) is 2. The van der Waals surface area contributed by atoms with E-state index >= 15 is 0 Å². The summed E-state index contributed by atoms with van der Waals surface area (Å²) in [5.41, 5.74) is 0.990. The van der Waals surface area contributed by atoms with Crippen molar-refractivity contribution in [1.29, 1.82) is 0 Å². The summed E-state index contributed by atoms with van der Waals surface area (Å²) in [5.74, 6) is 1.48. The molecule has 0 atom stereocenters. The maximum atomic E-state index is 4.59. The molecule has 0 radical (unpaired) electrons. The number of hydrogen-bond acceptors (Lipinski definition) is 5. The van der Waals surface area contributed by atoms with Crippen molar-refractivity contribution in [2.45, 2.75) is 13.8 Å². The van der Waals surface area contributed by atoms with Crippen LogP contribution in [0.2, 0.25) is 0 Å². The molecule has 2 aromatic heterocycles. The van der Waals surface area contributed by atoms with E-state index in [1.165, 1.54) is 4.88 Å². The Morgan fingerprint density at radius 3 is 2.81 bits per heavy atom. The zero-order chi connectivity index (χ0) is 14.8. The maximum absolute atomic E-state index is 4.59. The number of aryl methyl sites for hydroxylation is 1. The molecule has 3 rings (SSSR count). The minimum atomic E-state index is 0.654. The van der Waals surface area contributed by atoms with Crippen molar-refractivity contribution in [1.82, 2.24) is 9.97 Å². The topological polar surface area (TPSA) is 49.8 Å². The number of fused-ring (bicyclic) bond motifs is 1. The molecule has 4 nitrogen and oxygen atoms in total. The Morgan fingerprint density at radius 2 is 2.05 bits per heavy atom. The van der Waals surface area contributed by atoms with E-state index in [1.54, 1.807) is 11.3 Å². The fourth-order valence-corrected chi connectivity index (χ4v) is 3.33. The molecule has 0 aliphatic carbocycles. The van der Waals surface area contributed by atoms with Crippen LogP contribution in [0.5, 0.6) is 0 Å². The van der Waals surface area contributed by atoms with Gasteiger partial charge in [-0.25, -0.2) is 4.98 Å². The van der Waals surface area contributed by atoms with Crippen molar-refractivity contribution in [3.8, 4) is 0 Å². The summed E-state index contributed by atoms with van der Waals surface area (Å²) in [7, 11) is 0. The monoisotopic (exact) mass is 362 g/mol. The number of hydrogen-bond donors (Lipinski definition) is 2. The molecule has 0 fully saturated rings. The molecule has 0 amide bonds. The molecule has 21 heavy (non-hydrogen) atoms. The van der Waals surface area contributed by atoms with Crippen molar-refractivity contribution in [2.24, 2.45) is 0 Å². The van der Waals surface area contributed by atoms with Gasteiger partial charge in [0.05, 0.1) is 11.1 Å². The molecule has 3 aromatic rings. The Labute approximate surface area is 135 Å². The average molecular weight is 363 g/mol. The van der Waals surface area contributed by atoms with Gasteiger partial charge in [-0.2, -0.15) is 4.98 Å². The normalized spacial score (nSPS) is 10.8. The van der Waals surface area contributed by atoms with Gasteiger partial charge in [0, 0.05) is 15.9 Å². The van der Waals surface area contributed by atoms with Crippen molar-refractivity contribution in [2.75, 3.05) is 17.2 Å². The Morgan fingerprint density at radius 1 is 1.24 bits per heavy atom. The summed E-state index contributed by atoms with van der Waals surface area (Å²) in [6, 6.07) is 10.1. The standard InChI is InChI=1S/C15H15BrN4S/c1-3-17-15-19-13(10-8-9(2)21-14(10)20-15)18-12-7-5-4-6-11(12)16/h4-8H,3H2,1-2H3,(H2,17,18,19,20). The van der Waals surface area contributed by atoms with E-state index < -0.39 is 0 Å². The minimum absolute atomic E-state index is 0.654. The minimum Gasteiger partial charge on any atom is -0.354 e. The zero-order valence-corrected chi connectivity index (χ0v) is 14.2. The van der Waals surface area contributed by atoms with Gasteiger partial charge in [-0.05, 0) is 48.0 Å².